The number of methoxy groups -OCH3 is 2. The maximum absolute atomic E-state index is 10.5. The normalized spacial score (nSPS) is 12.0. The number of benzene rings is 1. The lowest BCUT2D eigenvalue weighted by Gasteiger charge is -2.17. The van der Waals surface area contributed by atoms with Gasteiger partial charge in [-0.25, -0.2) is 0 Å². The van der Waals surface area contributed by atoms with Crippen molar-refractivity contribution in [2.24, 2.45) is 0 Å². The minimum Gasteiger partial charge on any atom is -0.493 e. The minimum atomic E-state index is 0.00931. The van der Waals surface area contributed by atoms with Crippen LogP contribution in [0.15, 0.2) is 12.1 Å². The molecule has 0 saturated carbocycles. The number of rotatable bonds is 5. The molecule has 0 bridgehead atoms. The first-order valence-electron chi connectivity index (χ1n) is 4.99. The quantitative estimate of drug-likeness (QED) is 0.745. The molecule has 3 nitrogen and oxygen atoms in total. The summed E-state index contributed by atoms with van der Waals surface area (Å²) in [4.78, 5) is 10.5. The molecule has 0 radical (unpaired) electrons. The molecule has 0 amide bonds. The summed E-state index contributed by atoms with van der Waals surface area (Å²) in [5, 5.41) is 0.590. The van der Waals surface area contributed by atoms with Gasteiger partial charge >= 0.3 is 0 Å². The molecule has 88 valence electrons. The third-order valence-electron chi connectivity index (χ3n) is 2.47. The molecule has 16 heavy (non-hydrogen) atoms. The van der Waals surface area contributed by atoms with E-state index in [1.807, 2.05) is 6.92 Å². The van der Waals surface area contributed by atoms with E-state index in [2.05, 4.69) is 0 Å². The summed E-state index contributed by atoms with van der Waals surface area (Å²) in [7, 11) is 3.13. The van der Waals surface area contributed by atoms with Gasteiger partial charge in [0, 0.05) is 17.0 Å². The van der Waals surface area contributed by atoms with Crippen molar-refractivity contribution in [2.45, 2.75) is 19.3 Å². The first kappa shape index (κ1) is 12.8. The van der Waals surface area contributed by atoms with E-state index in [1.54, 1.807) is 26.4 Å². The van der Waals surface area contributed by atoms with Gasteiger partial charge in [0.25, 0.3) is 0 Å². The summed E-state index contributed by atoms with van der Waals surface area (Å²) in [5.74, 6) is 1.24. The topological polar surface area (TPSA) is 35.5 Å². The third-order valence-corrected chi connectivity index (χ3v) is 2.80. The van der Waals surface area contributed by atoms with Gasteiger partial charge in [0.05, 0.1) is 14.2 Å². The Balaban J connectivity index is 3.27. The van der Waals surface area contributed by atoms with Crippen molar-refractivity contribution >= 4 is 17.9 Å². The van der Waals surface area contributed by atoms with Gasteiger partial charge in [-0.2, -0.15) is 0 Å². The highest BCUT2D eigenvalue weighted by Gasteiger charge is 2.19. The van der Waals surface area contributed by atoms with E-state index in [0.717, 1.165) is 11.8 Å². The molecule has 1 unspecified atom stereocenters. The summed E-state index contributed by atoms with van der Waals surface area (Å²) >= 11 is 6.12. The largest absolute Gasteiger partial charge is 0.493 e. The SMILES string of the molecule is COc1ccc(Cl)c(C(C)CC=O)c1OC. The Morgan fingerprint density at radius 3 is 2.56 bits per heavy atom. The van der Waals surface area contributed by atoms with Crippen molar-refractivity contribution < 1.29 is 14.3 Å². The third kappa shape index (κ3) is 2.47. The highest BCUT2D eigenvalue weighted by atomic mass is 35.5. The Morgan fingerprint density at radius 1 is 1.38 bits per heavy atom. The molecule has 1 atom stereocenters. The molecule has 0 heterocycles. The predicted octanol–water partition coefficient (Wildman–Crippen LogP) is 3.05. The van der Waals surface area contributed by atoms with Crippen LogP contribution >= 0.6 is 11.6 Å². The molecule has 0 aliphatic rings. The van der Waals surface area contributed by atoms with Crippen molar-refractivity contribution in [3.8, 4) is 11.5 Å². The molecule has 1 aromatic rings. The molecule has 0 saturated heterocycles. The van der Waals surface area contributed by atoms with Crippen LogP contribution in [0, 0.1) is 0 Å². The molecule has 1 aromatic carbocycles. The van der Waals surface area contributed by atoms with Crippen LogP contribution in [-0.4, -0.2) is 20.5 Å². The van der Waals surface area contributed by atoms with Crippen LogP contribution in [-0.2, 0) is 4.79 Å². The van der Waals surface area contributed by atoms with Crippen LogP contribution in [0.2, 0.25) is 5.02 Å². The highest BCUT2D eigenvalue weighted by molar-refractivity contribution is 6.31. The molecule has 0 aliphatic heterocycles. The number of carbonyl (C=O) groups excluding carboxylic acids is 1. The van der Waals surface area contributed by atoms with Crippen LogP contribution < -0.4 is 9.47 Å². The van der Waals surface area contributed by atoms with E-state index in [9.17, 15) is 4.79 Å². The average Bonchev–Trinajstić information content (AvgIpc) is 2.28. The Hall–Kier alpha value is -1.22. The van der Waals surface area contributed by atoms with E-state index in [0.29, 0.717) is 22.9 Å². The van der Waals surface area contributed by atoms with Gasteiger partial charge in [0.1, 0.15) is 6.29 Å². The van der Waals surface area contributed by atoms with Gasteiger partial charge in [0.15, 0.2) is 11.5 Å². The highest BCUT2D eigenvalue weighted by Crippen LogP contribution is 2.40. The summed E-state index contributed by atoms with van der Waals surface area (Å²) in [6.07, 6.45) is 1.28. The van der Waals surface area contributed by atoms with Crippen LogP contribution in [0.1, 0.15) is 24.8 Å². The van der Waals surface area contributed by atoms with Crippen molar-refractivity contribution in [1.29, 1.82) is 0 Å². The molecule has 0 spiro atoms. The Labute approximate surface area is 100 Å². The Bertz CT molecular complexity index is 377. The lowest BCUT2D eigenvalue weighted by Crippen LogP contribution is -2.01. The van der Waals surface area contributed by atoms with Crippen molar-refractivity contribution in [3.05, 3.63) is 22.7 Å². The lowest BCUT2D eigenvalue weighted by atomic mass is 9.97. The van der Waals surface area contributed by atoms with E-state index >= 15 is 0 Å². The zero-order valence-corrected chi connectivity index (χ0v) is 10.4. The fourth-order valence-corrected chi connectivity index (χ4v) is 1.98. The Morgan fingerprint density at radius 2 is 2.06 bits per heavy atom. The zero-order chi connectivity index (χ0) is 12.1. The molecule has 0 fully saturated rings. The fourth-order valence-electron chi connectivity index (χ4n) is 1.65. The van der Waals surface area contributed by atoms with Crippen LogP contribution in [0.5, 0.6) is 11.5 Å². The van der Waals surface area contributed by atoms with Gasteiger partial charge in [0.2, 0.25) is 0 Å². The van der Waals surface area contributed by atoms with E-state index < -0.39 is 0 Å². The second-order valence-corrected chi connectivity index (χ2v) is 3.91. The predicted molar refractivity (Wildman–Crippen MR) is 63.7 cm³/mol. The van der Waals surface area contributed by atoms with Gasteiger partial charge in [-0.1, -0.05) is 18.5 Å². The standard InChI is InChI=1S/C12H15ClO3/c1-8(6-7-14)11-9(13)4-5-10(15-2)12(11)16-3/h4-5,7-8H,6H2,1-3H3. The second kappa shape index (κ2) is 5.75. The van der Waals surface area contributed by atoms with Crippen LogP contribution in [0.4, 0.5) is 0 Å². The number of aldehydes is 1. The maximum Gasteiger partial charge on any atom is 0.165 e. The first-order valence-corrected chi connectivity index (χ1v) is 5.37. The van der Waals surface area contributed by atoms with E-state index in [4.69, 9.17) is 21.1 Å². The molecule has 0 aliphatic carbocycles. The summed E-state index contributed by atoms with van der Waals surface area (Å²) < 4.78 is 10.5. The van der Waals surface area contributed by atoms with Crippen LogP contribution in [0.25, 0.3) is 0 Å². The average molecular weight is 243 g/mol. The van der Waals surface area contributed by atoms with Crippen molar-refractivity contribution in [2.75, 3.05) is 14.2 Å². The summed E-state index contributed by atoms with van der Waals surface area (Å²) in [6, 6.07) is 3.50. The van der Waals surface area contributed by atoms with Gasteiger partial charge in [-0.3, -0.25) is 0 Å². The number of hydrogen-bond acceptors (Lipinski definition) is 3. The molecule has 0 aromatic heterocycles. The van der Waals surface area contributed by atoms with Gasteiger partial charge < -0.3 is 14.3 Å². The number of ether oxygens (including phenoxy) is 2. The molecular formula is C12H15ClO3. The second-order valence-electron chi connectivity index (χ2n) is 3.50. The molecule has 1 rings (SSSR count). The molecular weight excluding hydrogens is 228 g/mol. The van der Waals surface area contributed by atoms with Crippen molar-refractivity contribution in [1.82, 2.24) is 0 Å². The van der Waals surface area contributed by atoms with Gasteiger partial charge in [-0.05, 0) is 18.1 Å². The summed E-state index contributed by atoms with van der Waals surface area (Å²) in [6.45, 7) is 1.93. The first-order chi connectivity index (χ1) is 7.65. The molecule has 0 N–H and O–H groups in total. The monoisotopic (exact) mass is 242 g/mol. The zero-order valence-electron chi connectivity index (χ0n) is 9.62. The lowest BCUT2D eigenvalue weighted by molar-refractivity contribution is -0.108. The number of carbonyl (C=O) groups is 1. The molecule has 4 heteroatoms. The van der Waals surface area contributed by atoms with Gasteiger partial charge in [-0.15, -0.1) is 0 Å². The smallest absolute Gasteiger partial charge is 0.165 e. The maximum atomic E-state index is 10.5. The number of hydrogen-bond donors (Lipinski definition) is 0. The van der Waals surface area contributed by atoms with E-state index in [1.165, 1.54) is 0 Å². The summed E-state index contributed by atoms with van der Waals surface area (Å²) in [5.41, 5.74) is 0.815. The van der Waals surface area contributed by atoms with Crippen molar-refractivity contribution in [3.63, 3.8) is 0 Å². The number of halogens is 1. The minimum absolute atomic E-state index is 0.00931. The fraction of sp³-hybridized carbons (Fsp3) is 0.417. The van der Waals surface area contributed by atoms with Crippen LogP contribution in [0.3, 0.4) is 0 Å². The Kier molecular flexibility index (Phi) is 4.62. The van der Waals surface area contributed by atoms with E-state index in [-0.39, 0.29) is 5.92 Å².